The molecule has 0 spiro atoms. The van der Waals surface area contributed by atoms with Crippen LogP contribution >= 0.6 is 0 Å². The molecule has 24 heavy (non-hydrogen) atoms. The molecule has 2 aliphatic rings. The maximum atomic E-state index is 4.63. The Morgan fingerprint density at radius 2 is 1.38 bits per heavy atom. The van der Waals surface area contributed by atoms with Gasteiger partial charge in [0.2, 0.25) is 0 Å². The second kappa shape index (κ2) is 11.8. The summed E-state index contributed by atoms with van der Waals surface area (Å²) in [5, 5.41) is 1.85. The van der Waals surface area contributed by atoms with Crippen LogP contribution in [0.4, 0.5) is 0 Å². The van der Waals surface area contributed by atoms with E-state index in [1.54, 1.807) is 0 Å². The maximum Gasteiger partial charge on any atom is 0.0784 e. The SMILES string of the molecule is C[Si]1(/C2=C/CCCCCCN=CCC2)CCC=NCCCCCC1. The van der Waals surface area contributed by atoms with E-state index in [0.717, 1.165) is 19.5 Å². The van der Waals surface area contributed by atoms with Gasteiger partial charge in [-0.05, 0) is 63.4 Å². The summed E-state index contributed by atoms with van der Waals surface area (Å²) in [5.41, 5.74) is 0. The van der Waals surface area contributed by atoms with Crippen molar-refractivity contribution in [2.75, 3.05) is 13.1 Å². The Balaban J connectivity index is 2.06. The predicted octanol–water partition coefficient (Wildman–Crippen LogP) is 6.38. The Bertz CT molecular complexity index is 428. The van der Waals surface area contributed by atoms with E-state index in [9.17, 15) is 0 Å². The molecule has 0 aromatic carbocycles. The van der Waals surface area contributed by atoms with E-state index in [1.165, 1.54) is 82.7 Å². The van der Waals surface area contributed by atoms with Crippen molar-refractivity contribution in [2.45, 2.75) is 95.7 Å². The quantitative estimate of drug-likeness (QED) is 0.492. The highest BCUT2D eigenvalue weighted by Crippen LogP contribution is 2.32. The topological polar surface area (TPSA) is 24.7 Å². The lowest BCUT2D eigenvalue weighted by Gasteiger charge is -2.31. The molecule has 2 rings (SSSR count). The molecular formula is C21H38N2Si. The molecule has 2 aliphatic heterocycles. The van der Waals surface area contributed by atoms with Crippen LogP contribution in [-0.2, 0) is 0 Å². The predicted molar refractivity (Wildman–Crippen MR) is 111 cm³/mol. The summed E-state index contributed by atoms with van der Waals surface area (Å²) in [6.07, 6.45) is 22.9. The smallest absolute Gasteiger partial charge is 0.0784 e. The van der Waals surface area contributed by atoms with Crippen molar-refractivity contribution in [3.8, 4) is 0 Å². The second-order valence-electron chi connectivity index (χ2n) is 7.91. The first-order valence-corrected chi connectivity index (χ1v) is 13.4. The van der Waals surface area contributed by atoms with Crippen molar-refractivity contribution < 1.29 is 0 Å². The highest BCUT2D eigenvalue weighted by Gasteiger charge is 2.29. The molecule has 0 saturated heterocycles. The van der Waals surface area contributed by atoms with Crippen LogP contribution in [-0.4, -0.2) is 33.6 Å². The van der Waals surface area contributed by atoms with Crippen LogP contribution in [0, 0.1) is 0 Å². The van der Waals surface area contributed by atoms with E-state index in [2.05, 4.69) is 35.0 Å². The van der Waals surface area contributed by atoms with E-state index in [-0.39, 0.29) is 0 Å². The summed E-state index contributed by atoms with van der Waals surface area (Å²) in [5.74, 6) is 0. The molecule has 0 fully saturated rings. The van der Waals surface area contributed by atoms with Gasteiger partial charge >= 0.3 is 0 Å². The number of hydrogen-bond donors (Lipinski definition) is 0. The monoisotopic (exact) mass is 346 g/mol. The van der Waals surface area contributed by atoms with Crippen LogP contribution in [0.5, 0.6) is 0 Å². The molecule has 1 unspecified atom stereocenters. The average Bonchev–Trinajstić information content (AvgIpc) is 2.61. The van der Waals surface area contributed by atoms with Gasteiger partial charge in [-0.1, -0.05) is 56.0 Å². The van der Waals surface area contributed by atoms with E-state index < -0.39 is 8.07 Å². The first kappa shape index (κ1) is 19.6. The van der Waals surface area contributed by atoms with Gasteiger partial charge in [0.1, 0.15) is 0 Å². The number of nitrogens with zero attached hydrogens (tertiary/aromatic N) is 2. The summed E-state index contributed by atoms with van der Waals surface area (Å²) in [4.78, 5) is 9.25. The van der Waals surface area contributed by atoms with Crippen LogP contribution in [0.2, 0.25) is 18.6 Å². The van der Waals surface area contributed by atoms with E-state index in [0.29, 0.717) is 0 Å². The van der Waals surface area contributed by atoms with Gasteiger partial charge in [-0.2, -0.15) is 0 Å². The minimum Gasteiger partial charge on any atom is -0.298 e. The van der Waals surface area contributed by atoms with Crippen molar-refractivity contribution in [3.63, 3.8) is 0 Å². The Morgan fingerprint density at radius 1 is 0.708 bits per heavy atom. The van der Waals surface area contributed by atoms with Gasteiger partial charge in [-0.3, -0.25) is 9.98 Å². The molecule has 0 aliphatic carbocycles. The van der Waals surface area contributed by atoms with Gasteiger partial charge in [0.05, 0.1) is 8.07 Å². The lowest BCUT2D eigenvalue weighted by atomic mass is 10.1. The Hall–Kier alpha value is -0.703. The zero-order chi connectivity index (χ0) is 16.9. The van der Waals surface area contributed by atoms with E-state index >= 15 is 0 Å². The molecule has 1 atom stereocenters. The number of aliphatic imine (C=N–C) groups is 2. The van der Waals surface area contributed by atoms with Gasteiger partial charge in [-0.15, -0.1) is 0 Å². The molecule has 0 aromatic rings. The zero-order valence-electron chi connectivity index (χ0n) is 15.9. The third-order valence-electron chi connectivity index (χ3n) is 5.80. The fourth-order valence-electron chi connectivity index (χ4n) is 4.11. The van der Waals surface area contributed by atoms with E-state index in [1.807, 2.05) is 5.20 Å². The molecule has 2 heterocycles. The molecule has 0 aromatic heterocycles. The van der Waals surface area contributed by atoms with Gasteiger partial charge in [0.25, 0.3) is 0 Å². The first-order valence-electron chi connectivity index (χ1n) is 10.5. The van der Waals surface area contributed by atoms with Gasteiger partial charge in [0, 0.05) is 13.1 Å². The summed E-state index contributed by atoms with van der Waals surface area (Å²) in [6, 6.07) is 2.89. The van der Waals surface area contributed by atoms with Crippen molar-refractivity contribution in [3.05, 3.63) is 11.3 Å². The van der Waals surface area contributed by atoms with Crippen LogP contribution in [0.3, 0.4) is 0 Å². The molecule has 136 valence electrons. The molecular weight excluding hydrogens is 308 g/mol. The summed E-state index contributed by atoms with van der Waals surface area (Å²) < 4.78 is 0. The molecule has 0 amide bonds. The highest BCUT2D eigenvalue weighted by molar-refractivity contribution is 6.85. The molecule has 0 radical (unpaired) electrons. The largest absolute Gasteiger partial charge is 0.298 e. The first-order chi connectivity index (χ1) is 11.8. The van der Waals surface area contributed by atoms with Crippen LogP contribution in [0.15, 0.2) is 21.3 Å². The zero-order valence-corrected chi connectivity index (χ0v) is 16.9. The number of hydrogen-bond acceptors (Lipinski definition) is 2. The molecule has 0 bridgehead atoms. The minimum absolute atomic E-state index is 1.05. The van der Waals surface area contributed by atoms with Crippen LogP contribution in [0.1, 0.15) is 77.0 Å². The van der Waals surface area contributed by atoms with Gasteiger partial charge in [0.15, 0.2) is 0 Å². The van der Waals surface area contributed by atoms with Crippen LogP contribution in [0.25, 0.3) is 0 Å². The molecule has 3 heteroatoms. The number of rotatable bonds is 1. The lowest BCUT2D eigenvalue weighted by molar-refractivity contribution is 0.651. The minimum atomic E-state index is -1.31. The third-order valence-corrected chi connectivity index (χ3v) is 10.7. The van der Waals surface area contributed by atoms with Gasteiger partial charge < -0.3 is 0 Å². The maximum absolute atomic E-state index is 4.63. The highest BCUT2D eigenvalue weighted by atomic mass is 28.3. The molecule has 2 nitrogen and oxygen atoms in total. The Morgan fingerprint density at radius 3 is 2.17 bits per heavy atom. The fourth-order valence-corrected chi connectivity index (χ4v) is 8.19. The van der Waals surface area contributed by atoms with Crippen LogP contribution < -0.4 is 0 Å². The summed E-state index contributed by atoms with van der Waals surface area (Å²) in [7, 11) is -1.31. The van der Waals surface area contributed by atoms with Gasteiger partial charge in [-0.25, -0.2) is 0 Å². The van der Waals surface area contributed by atoms with Crippen molar-refractivity contribution in [2.24, 2.45) is 9.98 Å². The number of allylic oxidation sites excluding steroid dienone is 2. The Kier molecular flexibility index (Phi) is 9.63. The third kappa shape index (κ3) is 7.46. The normalized spacial score (nSPS) is 31.1. The van der Waals surface area contributed by atoms with Crippen molar-refractivity contribution in [1.29, 1.82) is 0 Å². The Labute approximate surface area is 151 Å². The standard InChI is InChI=1S/C21H38N2Si/c1-24(19-10-6-5-9-16-23-18-12-20-24)21-13-7-3-2-4-8-15-22-17-11-14-21/h13,17-18H,2-12,14-16,19-20H2,1H3/b21-13+,22-17?,23-18?. The van der Waals surface area contributed by atoms with Crippen molar-refractivity contribution in [1.82, 2.24) is 0 Å². The molecule has 0 saturated carbocycles. The average molecular weight is 347 g/mol. The lowest BCUT2D eigenvalue weighted by Crippen LogP contribution is -2.33. The molecule has 0 N–H and O–H groups in total. The summed E-state index contributed by atoms with van der Waals surface area (Å²) >= 11 is 0. The second-order valence-corrected chi connectivity index (χ2v) is 12.7. The van der Waals surface area contributed by atoms with Crippen molar-refractivity contribution >= 4 is 20.5 Å². The fraction of sp³-hybridized carbons (Fsp3) is 0.810. The summed E-state index contributed by atoms with van der Waals surface area (Å²) in [6.45, 7) is 4.76. The van der Waals surface area contributed by atoms with E-state index in [4.69, 9.17) is 0 Å².